The van der Waals surface area contributed by atoms with Gasteiger partial charge in [-0.2, -0.15) is 0 Å². The van der Waals surface area contributed by atoms with Crippen LogP contribution in [0.3, 0.4) is 0 Å². The van der Waals surface area contributed by atoms with Gasteiger partial charge < -0.3 is 15.6 Å². The summed E-state index contributed by atoms with van der Waals surface area (Å²) in [6.07, 6.45) is 4.37. The van der Waals surface area contributed by atoms with Crippen LogP contribution in [-0.4, -0.2) is 27.7 Å². The first-order chi connectivity index (χ1) is 10.5. The molecular formula is C15H14Br2INO3. The summed E-state index contributed by atoms with van der Waals surface area (Å²) in [4.78, 5) is 10.8. The fraction of sp³-hybridized carbons (Fsp3) is 0.200. The molecule has 0 amide bonds. The topological polar surface area (TPSA) is 72.5 Å². The third kappa shape index (κ3) is 5.00. The molecule has 1 aliphatic rings. The van der Waals surface area contributed by atoms with Gasteiger partial charge in [-0.1, -0.05) is 32.9 Å². The van der Waals surface area contributed by atoms with Gasteiger partial charge in [-0.15, -0.1) is 0 Å². The van der Waals surface area contributed by atoms with E-state index in [0.29, 0.717) is 12.4 Å². The van der Waals surface area contributed by atoms with Gasteiger partial charge in [-0.3, -0.25) is 4.79 Å². The summed E-state index contributed by atoms with van der Waals surface area (Å²) in [5, 5.41) is 8.88. The highest BCUT2D eigenvalue weighted by Gasteiger charge is 2.15. The summed E-state index contributed by atoms with van der Waals surface area (Å²) in [7, 11) is 0. The zero-order chi connectivity index (χ0) is 16.1. The quantitative estimate of drug-likeness (QED) is 0.537. The van der Waals surface area contributed by atoms with Gasteiger partial charge in [0.05, 0.1) is 8.95 Å². The third-order valence-electron chi connectivity index (χ3n) is 2.87. The molecule has 3 N–H and O–H groups in total. The van der Waals surface area contributed by atoms with Gasteiger partial charge in [0.1, 0.15) is 18.4 Å². The number of rotatable bonds is 6. The maximum absolute atomic E-state index is 10.8. The Labute approximate surface area is 155 Å². The molecule has 22 heavy (non-hydrogen) atoms. The van der Waals surface area contributed by atoms with Crippen LogP contribution in [0.15, 0.2) is 42.9 Å². The van der Waals surface area contributed by atoms with E-state index in [4.69, 9.17) is 15.6 Å². The van der Waals surface area contributed by atoms with E-state index < -0.39 is 12.0 Å². The molecule has 1 unspecified atom stereocenters. The molecule has 1 heterocycles. The van der Waals surface area contributed by atoms with Crippen molar-refractivity contribution in [2.45, 2.75) is 12.5 Å². The number of ether oxygens (including phenoxy) is 1. The SMILES string of the molecule is NC(Cc1cc(Br)c(OCC2=CI=CC=C2)c(Br)c1)C(=O)O. The molecule has 0 aliphatic carbocycles. The minimum Gasteiger partial charge on any atom is -0.487 e. The first kappa shape index (κ1) is 17.8. The average molecular weight is 543 g/mol. The van der Waals surface area contributed by atoms with Crippen LogP contribution in [0.5, 0.6) is 5.75 Å². The normalized spacial score (nSPS) is 15.0. The smallest absolute Gasteiger partial charge is 0.320 e. The highest BCUT2D eigenvalue weighted by atomic mass is 127. The summed E-state index contributed by atoms with van der Waals surface area (Å²) in [6.45, 7) is 0.509. The summed E-state index contributed by atoms with van der Waals surface area (Å²) >= 11 is 6.95. The number of carboxylic acid groups (broad SMARTS) is 1. The molecule has 0 saturated heterocycles. The predicted molar refractivity (Wildman–Crippen MR) is 104 cm³/mol. The summed E-state index contributed by atoms with van der Waals surface area (Å²) in [6, 6.07) is 2.77. The molecule has 1 aliphatic heterocycles. The van der Waals surface area contributed by atoms with Gasteiger partial charge >= 0.3 is 5.97 Å². The van der Waals surface area contributed by atoms with E-state index in [1.807, 2.05) is 18.2 Å². The van der Waals surface area contributed by atoms with E-state index in [2.05, 4.69) is 46.0 Å². The van der Waals surface area contributed by atoms with E-state index >= 15 is 0 Å². The number of hydrogen-bond acceptors (Lipinski definition) is 3. The second-order valence-corrected chi connectivity index (χ2v) is 8.39. The molecule has 0 fully saturated rings. The Morgan fingerprint density at radius 3 is 2.59 bits per heavy atom. The van der Waals surface area contributed by atoms with Crippen LogP contribution < -0.4 is 10.5 Å². The molecule has 118 valence electrons. The van der Waals surface area contributed by atoms with Crippen molar-refractivity contribution >= 4 is 62.6 Å². The van der Waals surface area contributed by atoms with Crippen LogP contribution >= 0.6 is 52.6 Å². The standard InChI is InChI=1S/C15H14Br2INO3/c16-11-4-10(6-13(19)15(20)21)5-12(17)14(11)22-8-9-2-1-3-18-7-9/h1-5,7,13H,6,8,19H2,(H,20,21). The lowest BCUT2D eigenvalue weighted by Crippen LogP contribution is -2.32. The number of carbonyl (C=O) groups is 1. The van der Waals surface area contributed by atoms with Crippen LogP contribution in [0.4, 0.5) is 0 Å². The fourth-order valence-electron chi connectivity index (χ4n) is 1.80. The van der Waals surface area contributed by atoms with E-state index in [9.17, 15) is 4.79 Å². The van der Waals surface area contributed by atoms with Crippen LogP contribution in [0.25, 0.3) is 0 Å². The third-order valence-corrected chi connectivity index (χ3v) is 6.04. The van der Waals surface area contributed by atoms with Gasteiger partial charge in [0, 0.05) is 0 Å². The van der Waals surface area contributed by atoms with Gasteiger partial charge in [0.15, 0.2) is 0 Å². The average Bonchev–Trinajstić information content (AvgIpc) is 2.47. The number of aliphatic carboxylic acids is 1. The van der Waals surface area contributed by atoms with Crippen LogP contribution in [0.2, 0.25) is 0 Å². The van der Waals surface area contributed by atoms with E-state index in [-0.39, 0.29) is 27.2 Å². The second kappa shape index (κ2) is 8.37. The molecule has 7 heteroatoms. The zero-order valence-electron chi connectivity index (χ0n) is 11.4. The van der Waals surface area contributed by atoms with E-state index in [1.54, 1.807) is 0 Å². The van der Waals surface area contributed by atoms with Crippen LogP contribution in [0.1, 0.15) is 5.56 Å². The van der Waals surface area contributed by atoms with E-state index in [0.717, 1.165) is 14.5 Å². The number of carboxylic acids is 1. The lowest BCUT2D eigenvalue weighted by molar-refractivity contribution is -0.138. The Kier molecular flexibility index (Phi) is 6.79. The predicted octanol–water partition coefficient (Wildman–Crippen LogP) is 3.77. The fourth-order valence-corrected chi connectivity index (χ4v) is 4.81. The molecule has 2 rings (SSSR count). The monoisotopic (exact) mass is 541 g/mol. The van der Waals surface area contributed by atoms with Gasteiger partial charge in [0.25, 0.3) is 0 Å². The minimum absolute atomic E-state index is 0.00734. The minimum atomic E-state index is -1.01. The Morgan fingerprint density at radius 2 is 2.05 bits per heavy atom. The highest BCUT2D eigenvalue weighted by molar-refractivity contribution is 14.2. The first-order valence-corrected chi connectivity index (χ1v) is 10.4. The van der Waals surface area contributed by atoms with Crippen molar-refractivity contribution in [3.63, 3.8) is 0 Å². The number of hydrogen-bond donors (Lipinski definition) is 2. The van der Waals surface area contributed by atoms with E-state index in [1.165, 1.54) is 5.57 Å². The summed E-state index contributed by atoms with van der Waals surface area (Å²) in [5.74, 6) is -0.307. The van der Waals surface area contributed by atoms with Crippen molar-refractivity contribution < 1.29 is 14.6 Å². The molecular weight excluding hydrogens is 529 g/mol. The number of halogens is 3. The Bertz CT molecular complexity index is 648. The molecule has 0 bridgehead atoms. The molecule has 1 aromatic carbocycles. The summed E-state index contributed by atoms with van der Waals surface area (Å²) in [5.41, 5.74) is 7.57. The van der Waals surface area contributed by atoms with Crippen molar-refractivity contribution in [1.82, 2.24) is 0 Å². The highest BCUT2D eigenvalue weighted by Crippen LogP contribution is 2.35. The van der Waals surface area contributed by atoms with Gasteiger partial charge in [-0.25, -0.2) is 0 Å². The van der Waals surface area contributed by atoms with Crippen molar-refractivity contribution in [2.24, 2.45) is 5.73 Å². The molecule has 0 aromatic heterocycles. The maximum Gasteiger partial charge on any atom is 0.320 e. The van der Waals surface area contributed by atoms with Crippen molar-refractivity contribution in [3.05, 3.63) is 48.4 Å². The Hall–Kier alpha value is -0.510. The zero-order valence-corrected chi connectivity index (χ0v) is 16.8. The summed E-state index contributed by atoms with van der Waals surface area (Å²) < 4.78 is 11.8. The molecule has 0 saturated carbocycles. The first-order valence-electron chi connectivity index (χ1n) is 6.37. The maximum atomic E-state index is 10.8. The lowest BCUT2D eigenvalue weighted by atomic mass is 10.1. The van der Waals surface area contributed by atoms with Gasteiger partial charge in [0.2, 0.25) is 0 Å². The number of nitrogens with two attached hydrogens (primary N) is 1. The van der Waals surface area contributed by atoms with Crippen molar-refractivity contribution in [1.29, 1.82) is 0 Å². The van der Waals surface area contributed by atoms with Crippen molar-refractivity contribution in [3.8, 4) is 5.75 Å². The largest absolute Gasteiger partial charge is 0.487 e. The van der Waals surface area contributed by atoms with Crippen LogP contribution in [-0.2, 0) is 11.2 Å². The number of allylic oxidation sites excluding steroid dienone is 1. The molecule has 0 spiro atoms. The van der Waals surface area contributed by atoms with Crippen molar-refractivity contribution in [2.75, 3.05) is 6.61 Å². The number of benzene rings is 1. The molecule has 1 aromatic rings. The molecule has 1 atom stereocenters. The Morgan fingerprint density at radius 1 is 1.36 bits per heavy atom. The second-order valence-electron chi connectivity index (χ2n) is 4.62. The van der Waals surface area contributed by atoms with Crippen LogP contribution in [0, 0.1) is 0 Å². The lowest BCUT2D eigenvalue weighted by Gasteiger charge is -2.14. The van der Waals surface area contributed by atoms with Gasteiger partial charge in [-0.05, 0) is 69.6 Å². The molecule has 4 nitrogen and oxygen atoms in total. The Balaban J connectivity index is 2.09. The molecule has 0 radical (unpaired) electrons.